The van der Waals surface area contributed by atoms with Gasteiger partial charge in [0.05, 0.1) is 10.4 Å². The van der Waals surface area contributed by atoms with Gasteiger partial charge in [0.2, 0.25) is 11.8 Å². The third kappa shape index (κ3) is 3.83. The molecule has 1 aliphatic heterocycles. The first kappa shape index (κ1) is 18.3. The van der Waals surface area contributed by atoms with Crippen LogP contribution in [0.5, 0.6) is 0 Å². The normalized spacial score (nSPS) is 19.7. The summed E-state index contributed by atoms with van der Waals surface area (Å²) < 4.78 is 0. The van der Waals surface area contributed by atoms with Crippen molar-refractivity contribution >= 4 is 34.7 Å². The van der Waals surface area contributed by atoms with Crippen LogP contribution >= 0.6 is 12.2 Å². The van der Waals surface area contributed by atoms with E-state index in [-0.39, 0.29) is 11.8 Å². The van der Waals surface area contributed by atoms with Gasteiger partial charge < -0.3 is 5.32 Å². The first-order chi connectivity index (χ1) is 12.5. The summed E-state index contributed by atoms with van der Waals surface area (Å²) in [4.78, 5) is 24.7. The second-order valence-corrected chi connectivity index (χ2v) is 7.09. The van der Waals surface area contributed by atoms with E-state index in [1.807, 2.05) is 61.5 Å². The number of hydrogen-bond acceptors (Lipinski definition) is 3. The maximum Gasteiger partial charge on any atom is 0.237 e. The van der Waals surface area contributed by atoms with Crippen molar-refractivity contribution < 1.29 is 9.59 Å². The predicted molar refractivity (Wildman–Crippen MR) is 107 cm³/mol. The summed E-state index contributed by atoms with van der Waals surface area (Å²) in [6, 6.07) is 17.8. The molecule has 0 saturated carbocycles. The molecule has 0 aliphatic carbocycles. The predicted octanol–water partition coefficient (Wildman–Crippen LogP) is 3.75. The lowest BCUT2D eigenvalue weighted by molar-refractivity contribution is -0.138. The van der Waals surface area contributed by atoms with E-state index < -0.39 is 5.41 Å². The van der Waals surface area contributed by atoms with Crippen LogP contribution in [0, 0.1) is 0 Å². The number of carbonyl (C=O) groups is 2. The summed E-state index contributed by atoms with van der Waals surface area (Å²) in [6.45, 7) is 1.98. The molecule has 2 amide bonds. The lowest BCUT2D eigenvalue weighted by Crippen LogP contribution is -2.51. The van der Waals surface area contributed by atoms with Gasteiger partial charge in [-0.1, -0.05) is 61.6 Å². The number of benzene rings is 2. The highest BCUT2D eigenvalue weighted by molar-refractivity contribution is 7.80. The largest absolute Gasteiger partial charge is 0.350 e. The Morgan fingerprint density at radius 1 is 1.12 bits per heavy atom. The average Bonchev–Trinajstić information content (AvgIpc) is 2.64. The zero-order valence-corrected chi connectivity index (χ0v) is 15.6. The summed E-state index contributed by atoms with van der Waals surface area (Å²) in [5.74, 6) is -0.389. The molecule has 26 heavy (non-hydrogen) atoms. The Morgan fingerprint density at radius 3 is 2.42 bits per heavy atom. The van der Waals surface area contributed by atoms with Crippen LogP contribution in [0.2, 0.25) is 0 Å². The zero-order valence-electron chi connectivity index (χ0n) is 14.7. The highest BCUT2D eigenvalue weighted by atomic mass is 32.1. The Morgan fingerprint density at radius 2 is 1.81 bits per heavy atom. The van der Waals surface area contributed by atoms with Crippen molar-refractivity contribution in [1.82, 2.24) is 5.32 Å². The van der Waals surface area contributed by atoms with Crippen LogP contribution in [0.15, 0.2) is 54.6 Å². The van der Waals surface area contributed by atoms with Crippen molar-refractivity contribution in [1.29, 1.82) is 0 Å². The smallest absolute Gasteiger partial charge is 0.237 e. The Labute approximate surface area is 159 Å². The summed E-state index contributed by atoms with van der Waals surface area (Å²) in [6.07, 6.45) is 2.26. The molecule has 1 saturated heterocycles. The fraction of sp³-hybridized carbons (Fsp3) is 0.286. The Kier molecular flexibility index (Phi) is 5.47. The summed E-state index contributed by atoms with van der Waals surface area (Å²) in [5.41, 5.74) is 2.37. The Balaban J connectivity index is 1.70. The van der Waals surface area contributed by atoms with Gasteiger partial charge in [-0.25, -0.2) is 0 Å². The van der Waals surface area contributed by atoms with E-state index in [1.165, 1.54) is 0 Å². The minimum absolute atomic E-state index is 0.191. The van der Waals surface area contributed by atoms with Crippen LogP contribution in [-0.2, 0) is 21.4 Å². The topological polar surface area (TPSA) is 58.2 Å². The van der Waals surface area contributed by atoms with E-state index in [1.54, 1.807) is 0 Å². The van der Waals surface area contributed by atoms with E-state index in [0.717, 1.165) is 21.8 Å². The Hall–Kier alpha value is -2.53. The molecule has 0 spiro atoms. The van der Waals surface area contributed by atoms with Crippen molar-refractivity contribution in [3.05, 3.63) is 65.7 Å². The number of amides is 2. The van der Waals surface area contributed by atoms with Crippen molar-refractivity contribution in [3.63, 3.8) is 0 Å². The van der Waals surface area contributed by atoms with Crippen LogP contribution in [0.3, 0.4) is 0 Å². The van der Waals surface area contributed by atoms with Gasteiger partial charge in [-0.2, -0.15) is 0 Å². The second-order valence-electron chi connectivity index (χ2n) is 6.60. The number of nitrogens with one attached hydrogen (secondary N) is 2. The fourth-order valence-corrected chi connectivity index (χ4v) is 3.71. The van der Waals surface area contributed by atoms with Gasteiger partial charge in [0.1, 0.15) is 0 Å². The molecule has 2 aromatic carbocycles. The minimum Gasteiger partial charge on any atom is -0.350 e. The van der Waals surface area contributed by atoms with Crippen LogP contribution in [0.25, 0.3) is 0 Å². The molecule has 0 bridgehead atoms. The van der Waals surface area contributed by atoms with Crippen LogP contribution < -0.4 is 10.6 Å². The second kappa shape index (κ2) is 7.79. The molecule has 1 atom stereocenters. The molecule has 4 nitrogen and oxygen atoms in total. The van der Waals surface area contributed by atoms with Gasteiger partial charge in [-0.3, -0.25) is 14.9 Å². The Bertz CT molecular complexity index is 818. The molecule has 134 valence electrons. The average molecular weight is 366 g/mol. The maximum atomic E-state index is 12.5. The number of anilines is 1. The molecule has 0 aromatic heterocycles. The van der Waals surface area contributed by atoms with Gasteiger partial charge >= 0.3 is 0 Å². The quantitative estimate of drug-likeness (QED) is 0.625. The van der Waals surface area contributed by atoms with Crippen molar-refractivity contribution in [2.75, 3.05) is 5.32 Å². The molecule has 1 heterocycles. The molecule has 0 radical (unpaired) electrons. The van der Waals surface area contributed by atoms with E-state index in [0.29, 0.717) is 25.7 Å². The maximum absolute atomic E-state index is 12.5. The number of piperidine rings is 1. The molecule has 1 unspecified atom stereocenters. The van der Waals surface area contributed by atoms with Gasteiger partial charge in [-0.15, -0.1) is 0 Å². The standard InChI is InChI=1S/C21H22N2O2S/c1-2-21(13-12-18(24)23-20(21)25)16-8-10-17(11-9-16)22-19(26)14-15-6-4-3-5-7-15/h3-11H,2,12-14H2,1H3,(H,22,26)(H,23,24,25). The van der Waals surface area contributed by atoms with Crippen LogP contribution in [0.4, 0.5) is 5.69 Å². The highest BCUT2D eigenvalue weighted by Gasteiger charge is 2.42. The molecule has 2 N–H and O–H groups in total. The summed E-state index contributed by atoms with van der Waals surface area (Å²) >= 11 is 5.44. The van der Waals surface area contributed by atoms with E-state index in [4.69, 9.17) is 12.2 Å². The SMILES string of the molecule is CCC1(c2ccc(NC(=S)Cc3ccccc3)cc2)CCC(=O)NC1=O. The van der Waals surface area contributed by atoms with Crippen LogP contribution in [-0.4, -0.2) is 16.8 Å². The summed E-state index contributed by atoms with van der Waals surface area (Å²) in [7, 11) is 0. The number of rotatable bonds is 5. The van der Waals surface area contributed by atoms with Crippen molar-refractivity contribution in [2.45, 2.75) is 38.0 Å². The van der Waals surface area contributed by atoms with Crippen molar-refractivity contribution in [2.24, 2.45) is 0 Å². The third-order valence-corrected chi connectivity index (χ3v) is 5.25. The zero-order chi connectivity index (χ0) is 18.6. The van der Waals surface area contributed by atoms with Crippen molar-refractivity contribution in [3.8, 4) is 0 Å². The summed E-state index contributed by atoms with van der Waals surface area (Å²) in [5, 5.41) is 5.73. The lowest BCUT2D eigenvalue weighted by atomic mass is 9.72. The fourth-order valence-electron chi connectivity index (χ4n) is 3.43. The number of thiocarbonyl (C=S) groups is 1. The third-order valence-electron chi connectivity index (χ3n) is 5.00. The number of imide groups is 1. The van der Waals surface area contributed by atoms with E-state index >= 15 is 0 Å². The molecule has 3 rings (SSSR count). The highest BCUT2D eigenvalue weighted by Crippen LogP contribution is 2.36. The van der Waals surface area contributed by atoms with Gasteiger partial charge in [0.15, 0.2) is 0 Å². The minimum atomic E-state index is -0.628. The molecule has 1 aliphatic rings. The number of carbonyl (C=O) groups excluding carboxylic acids is 2. The number of hydrogen-bond donors (Lipinski definition) is 2. The molecule has 5 heteroatoms. The molecular weight excluding hydrogens is 344 g/mol. The van der Waals surface area contributed by atoms with Gasteiger partial charge in [0.25, 0.3) is 0 Å². The molecule has 1 fully saturated rings. The molecule has 2 aromatic rings. The van der Waals surface area contributed by atoms with Crippen LogP contribution in [0.1, 0.15) is 37.3 Å². The van der Waals surface area contributed by atoms with E-state index in [9.17, 15) is 9.59 Å². The lowest BCUT2D eigenvalue weighted by Gasteiger charge is -2.35. The van der Waals surface area contributed by atoms with Gasteiger partial charge in [-0.05, 0) is 36.1 Å². The molecular formula is C21H22N2O2S. The van der Waals surface area contributed by atoms with Gasteiger partial charge in [0, 0.05) is 18.5 Å². The first-order valence-electron chi connectivity index (χ1n) is 8.82. The first-order valence-corrected chi connectivity index (χ1v) is 9.23. The monoisotopic (exact) mass is 366 g/mol. The van der Waals surface area contributed by atoms with E-state index in [2.05, 4.69) is 10.6 Å².